The molecule has 2 heterocycles. The minimum atomic E-state index is -0.203. The van der Waals surface area contributed by atoms with Gasteiger partial charge in [-0.3, -0.25) is 4.79 Å². The second kappa shape index (κ2) is 7.22. The first-order valence-electron chi connectivity index (χ1n) is 8.11. The van der Waals surface area contributed by atoms with Crippen LogP contribution < -0.4 is 14.8 Å². The van der Waals surface area contributed by atoms with Crippen molar-refractivity contribution >= 4 is 11.6 Å². The van der Waals surface area contributed by atoms with Gasteiger partial charge >= 0.3 is 0 Å². The van der Waals surface area contributed by atoms with Gasteiger partial charge in [0.2, 0.25) is 5.91 Å². The number of fused-ring (bicyclic) bond motifs is 1. The summed E-state index contributed by atoms with van der Waals surface area (Å²) in [5.41, 5.74) is 0.729. The Morgan fingerprint density at radius 1 is 1.22 bits per heavy atom. The van der Waals surface area contributed by atoms with Gasteiger partial charge < -0.3 is 19.4 Å². The number of aromatic nitrogens is 1. The van der Waals surface area contributed by atoms with Crippen LogP contribution in [0.25, 0.3) is 0 Å². The van der Waals surface area contributed by atoms with Crippen LogP contribution in [0.4, 0.5) is 5.69 Å². The molecule has 1 aromatic heterocycles. The molecule has 0 radical (unpaired) electrons. The predicted molar refractivity (Wildman–Crippen MR) is 89.1 cm³/mol. The number of benzene rings is 1. The molecule has 0 saturated carbocycles. The summed E-state index contributed by atoms with van der Waals surface area (Å²) >= 11 is 0. The molecule has 0 aliphatic carbocycles. The summed E-state index contributed by atoms with van der Waals surface area (Å²) in [5, 5.41) is 2.99. The number of hydrogen-bond acceptors (Lipinski definition) is 3. The highest BCUT2D eigenvalue weighted by Crippen LogP contribution is 2.32. The molecule has 0 fully saturated rings. The van der Waals surface area contributed by atoms with Crippen LogP contribution >= 0.6 is 0 Å². The molecular weight excluding hydrogens is 292 g/mol. The molecule has 0 bridgehead atoms. The van der Waals surface area contributed by atoms with Gasteiger partial charge in [-0.1, -0.05) is 13.3 Å². The molecule has 1 aromatic carbocycles. The Kier molecular flexibility index (Phi) is 4.86. The molecule has 1 atom stereocenters. The fraction of sp³-hybridized carbons (Fsp3) is 0.389. The van der Waals surface area contributed by atoms with E-state index in [1.807, 2.05) is 47.3 Å². The molecule has 5 nitrogen and oxygen atoms in total. The van der Waals surface area contributed by atoms with Crippen molar-refractivity contribution in [2.24, 2.45) is 0 Å². The van der Waals surface area contributed by atoms with Crippen LogP contribution in [0.3, 0.4) is 0 Å². The van der Waals surface area contributed by atoms with Gasteiger partial charge in [0.1, 0.15) is 6.04 Å². The number of nitrogens with zero attached hydrogens (tertiary/aromatic N) is 1. The first-order valence-corrected chi connectivity index (χ1v) is 8.11. The van der Waals surface area contributed by atoms with E-state index in [0.29, 0.717) is 19.0 Å². The van der Waals surface area contributed by atoms with Crippen LogP contribution in [0, 0.1) is 0 Å². The lowest BCUT2D eigenvalue weighted by Crippen LogP contribution is -2.25. The fourth-order valence-electron chi connectivity index (χ4n) is 2.71. The van der Waals surface area contributed by atoms with E-state index in [0.717, 1.165) is 30.7 Å². The van der Waals surface area contributed by atoms with E-state index >= 15 is 0 Å². The highest BCUT2D eigenvalue weighted by Gasteiger charge is 2.19. The van der Waals surface area contributed by atoms with Crippen LogP contribution in [0.2, 0.25) is 0 Å². The number of amides is 1. The van der Waals surface area contributed by atoms with Crippen molar-refractivity contribution in [3.63, 3.8) is 0 Å². The number of carbonyl (C=O) groups is 1. The van der Waals surface area contributed by atoms with Gasteiger partial charge in [0.25, 0.3) is 0 Å². The van der Waals surface area contributed by atoms with Crippen LogP contribution in [0.5, 0.6) is 11.5 Å². The van der Waals surface area contributed by atoms with Gasteiger partial charge in [-0.25, -0.2) is 0 Å². The second-order valence-corrected chi connectivity index (χ2v) is 5.64. The van der Waals surface area contributed by atoms with Gasteiger partial charge in [0.15, 0.2) is 11.5 Å². The Labute approximate surface area is 136 Å². The predicted octanol–water partition coefficient (Wildman–Crippen LogP) is 3.63. The number of hydrogen-bond donors (Lipinski definition) is 1. The van der Waals surface area contributed by atoms with Crippen LogP contribution in [-0.2, 0) is 4.79 Å². The van der Waals surface area contributed by atoms with Crippen LogP contribution in [0.15, 0.2) is 42.7 Å². The van der Waals surface area contributed by atoms with Crippen molar-refractivity contribution in [1.29, 1.82) is 0 Å². The maximum Gasteiger partial charge on any atom is 0.247 e. The number of nitrogens with one attached hydrogen (secondary N) is 1. The molecule has 1 aliphatic rings. The number of ether oxygens (including phenoxy) is 2. The average molecular weight is 314 g/mol. The third kappa shape index (κ3) is 3.67. The van der Waals surface area contributed by atoms with Gasteiger partial charge in [-0.05, 0) is 30.7 Å². The normalized spacial score (nSPS) is 14.8. The Morgan fingerprint density at radius 2 is 1.96 bits per heavy atom. The lowest BCUT2D eigenvalue weighted by Gasteiger charge is -2.18. The van der Waals surface area contributed by atoms with Crippen molar-refractivity contribution in [2.75, 3.05) is 18.5 Å². The Balaban J connectivity index is 1.75. The van der Waals surface area contributed by atoms with E-state index < -0.39 is 0 Å². The monoisotopic (exact) mass is 314 g/mol. The van der Waals surface area contributed by atoms with E-state index in [-0.39, 0.29) is 11.9 Å². The Morgan fingerprint density at radius 3 is 2.70 bits per heavy atom. The second-order valence-electron chi connectivity index (χ2n) is 5.64. The first-order chi connectivity index (χ1) is 11.3. The Bertz CT molecular complexity index is 652. The quantitative estimate of drug-likeness (QED) is 0.917. The molecule has 0 saturated heterocycles. The minimum Gasteiger partial charge on any atom is -0.490 e. The molecule has 122 valence electrons. The largest absolute Gasteiger partial charge is 0.490 e. The van der Waals surface area contributed by atoms with Crippen molar-refractivity contribution in [2.45, 2.75) is 32.2 Å². The van der Waals surface area contributed by atoms with E-state index in [9.17, 15) is 4.79 Å². The smallest absolute Gasteiger partial charge is 0.247 e. The number of rotatable bonds is 5. The molecule has 0 spiro atoms. The van der Waals surface area contributed by atoms with Crippen LogP contribution in [0.1, 0.15) is 32.2 Å². The van der Waals surface area contributed by atoms with E-state index in [4.69, 9.17) is 9.47 Å². The molecule has 23 heavy (non-hydrogen) atoms. The number of anilines is 1. The fourth-order valence-corrected chi connectivity index (χ4v) is 2.71. The highest BCUT2D eigenvalue weighted by atomic mass is 16.5. The van der Waals surface area contributed by atoms with Crippen molar-refractivity contribution in [3.05, 3.63) is 42.7 Å². The zero-order chi connectivity index (χ0) is 16.1. The van der Waals surface area contributed by atoms with Gasteiger partial charge in [0.05, 0.1) is 13.2 Å². The molecule has 1 unspecified atom stereocenters. The average Bonchev–Trinajstić information content (AvgIpc) is 2.98. The molecule has 2 aromatic rings. The zero-order valence-corrected chi connectivity index (χ0v) is 13.3. The standard InChI is InChI=1S/C18H22N2O3/c1-2-6-15(20-9-3-4-10-20)18(21)19-14-7-8-16-17(13-14)23-12-5-11-22-16/h3-4,7-10,13,15H,2,5-6,11-12H2,1H3,(H,19,21). The lowest BCUT2D eigenvalue weighted by atomic mass is 10.1. The molecule has 5 heteroatoms. The summed E-state index contributed by atoms with van der Waals surface area (Å²) in [6, 6.07) is 9.20. The summed E-state index contributed by atoms with van der Waals surface area (Å²) in [4.78, 5) is 12.6. The third-order valence-electron chi connectivity index (χ3n) is 3.87. The Hall–Kier alpha value is -2.43. The molecule has 1 N–H and O–H groups in total. The van der Waals surface area contributed by atoms with Gasteiger partial charge in [-0.2, -0.15) is 0 Å². The van der Waals surface area contributed by atoms with E-state index in [1.54, 1.807) is 0 Å². The highest BCUT2D eigenvalue weighted by molar-refractivity contribution is 5.94. The van der Waals surface area contributed by atoms with Crippen molar-refractivity contribution in [1.82, 2.24) is 4.57 Å². The van der Waals surface area contributed by atoms with E-state index in [2.05, 4.69) is 12.2 Å². The van der Waals surface area contributed by atoms with Crippen molar-refractivity contribution in [3.8, 4) is 11.5 Å². The summed E-state index contributed by atoms with van der Waals surface area (Å²) in [5.74, 6) is 1.40. The third-order valence-corrected chi connectivity index (χ3v) is 3.87. The minimum absolute atomic E-state index is 0.0162. The molecular formula is C18H22N2O3. The van der Waals surface area contributed by atoms with Crippen molar-refractivity contribution < 1.29 is 14.3 Å². The van der Waals surface area contributed by atoms with Gasteiger partial charge in [0, 0.05) is 30.6 Å². The lowest BCUT2D eigenvalue weighted by molar-refractivity contribution is -0.119. The summed E-state index contributed by atoms with van der Waals surface area (Å²) in [6.45, 7) is 3.37. The molecule has 3 rings (SSSR count). The number of carbonyl (C=O) groups excluding carboxylic acids is 1. The first kappa shape index (κ1) is 15.5. The van der Waals surface area contributed by atoms with Gasteiger partial charge in [-0.15, -0.1) is 0 Å². The maximum absolute atomic E-state index is 12.6. The maximum atomic E-state index is 12.6. The van der Waals surface area contributed by atoms with Crippen LogP contribution in [-0.4, -0.2) is 23.7 Å². The summed E-state index contributed by atoms with van der Waals surface area (Å²) in [7, 11) is 0. The zero-order valence-electron chi connectivity index (χ0n) is 13.3. The summed E-state index contributed by atoms with van der Waals surface area (Å²) < 4.78 is 13.2. The topological polar surface area (TPSA) is 52.5 Å². The SMILES string of the molecule is CCCC(C(=O)Nc1ccc2c(c1)OCCCO2)n1cccc1. The summed E-state index contributed by atoms with van der Waals surface area (Å²) in [6.07, 6.45) is 6.45. The molecule has 1 amide bonds. The molecule has 1 aliphatic heterocycles. The van der Waals surface area contributed by atoms with E-state index in [1.165, 1.54) is 0 Å².